The molecule has 0 spiro atoms. The standard InChI is InChI=1S/C11H15BrN2O/c1-14-11(15)6-9(7-13)8-3-2-4-10(12)5-8/h2-5,9H,6-7,13H2,1H3,(H,14,15). The van der Waals surface area contributed by atoms with Crippen molar-refractivity contribution >= 4 is 21.8 Å². The summed E-state index contributed by atoms with van der Waals surface area (Å²) in [6.07, 6.45) is 0.434. The van der Waals surface area contributed by atoms with Gasteiger partial charge in [0.2, 0.25) is 5.91 Å². The van der Waals surface area contributed by atoms with Crippen molar-refractivity contribution < 1.29 is 4.79 Å². The number of nitrogens with two attached hydrogens (primary N) is 1. The van der Waals surface area contributed by atoms with Gasteiger partial charge in [-0.2, -0.15) is 0 Å². The van der Waals surface area contributed by atoms with Crippen LogP contribution in [0.3, 0.4) is 0 Å². The Labute approximate surface area is 98.2 Å². The van der Waals surface area contributed by atoms with E-state index >= 15 is 0 Å². The molecule has 0 saturated heterocycles. The van der Waals surface area contributed by atoms with E-state index in [1.54, 1.807) is 7.05 Å². The first-order chi connectivity index (χ1) is 7.17. The van der Waals surface area contributed by atoms with Gasteiger partial charge in [0, 0.05) is 23.9 Å². The maximum Gasteiger partial charge on any atom is 0.220 e. The predicted octanol–water partition coefficient (Wildman–Crippen LogP) is 1.63. The Morgan fingerprint density at radius 1 is 1.60 bits per heavy atom. The van der Waals surface area contributed by atoms with Crippen LogP contribution < -0.4 is 11.1 Å². The minimum absolute atomic E-state index is 0.0189. The molecule has 1 aromatic rings. The van der Waals surface area contributed by atoms with Crippen LogP contribution in [0.5, 0.6) is 0 Å². The van der Waals surface area contributed by atoms with Crippen LogP contribution in [-0.2, 0) is 4.79 Å². The van der Waals surface area contributed by atoms with Crippen LogP contribution in [0.25, 0.3) is 0 Å². The topological polar surface area (TPSA) is 55.1 Å². The minimum Gasteiger partial charge on any atom is -0.359 e. The van der Waals surface area contributed by atoms with Crippen LogP contribution >= 0.6 is 15.9 Å². The van der Waals surface area contributed by atoms with Gasteiger partial charge in [0.25, 0.3) is 0 Å². The van der Waals surface area contributed by atoms with Crippen molar-refractivity contribution in [3.63, 3.8) is 0 Å². The normalized spacial score (nSPS) is 12.2. The van der Waals surface area contributed by atoms with E-state index in [0.29, 0.717) is 13.0 Å². The number of carbonyl (C=O) groups excluding carboxylic acids is 1. The summed E-state index contributed by atoms with van der Waals surface area (Å²) in [5.74, 6) is 0.105. The number of hydrogen-bond donors (Lipinski definition) is 2. The van der Waals surface area contributed by atoms with Crippen molar-refractivity contribution in [3.05, 3.63) is 34.3 Å². The summed E-state index contributed by atoms with van der Waals surface area (Å²) in [5, 5.41) is 2.61. The zero-order chi connectivity index (χ0) is 11.3. The third-order valence-electron chi connectivity index (χ3n) is 2.32. The van der Waals surface area contributed by atoms with Crippen molar-refractivity contribution in [2.45, 2.75) is 12.3 Å². The summed E-state index contributed by atoms with van der Waals surface area (Å²) in [7, 11) is 1.64. The third kappa shape index (κ3) is 3.64. The lowest BCUT2D eigenvalue weighted by Gasteiger charge is -2.14. The molecule has 1 amide bonds. The predicted molar refractivity (Wildman–Crippen MR) is 64.6 cm³/mol. The van der Waals surface area contributed by atoms with Gasteiger partial charge in [-0.05, 0) is 24.2 Å². The second kappa shape index (κ2) is 5.88. The van der Waals surface area contributed by atoms with Crippen LogP contribution in [0.2, 0.25) is 0 Å². The summed E-state index contributed by atoms with van der Waals surface area (Å²) < 4.78 is 1.01. The Kier molecular flexibility index (Phi) is 4.78. The first kappa shape index (κ1) is 12.2. The molecule has 1 aromatic carbocycles. The molecule has 0 aromatic heterocycles. The summed E-state index contributed by atoms with van der Waals surface area (Å²) >= 11 is 3.40. The lowest BCUT2D eigenvalue weighted by molar-refractivity contribution is -0.120. The second-order valence-corrected chi connectivity index (χ2v) is 4.28. The molecule has 0 radical (unpaired) electrons. The Bertz CT molecular complexity index is 341. The van der Waals surface area contributed by atoms with Crippen molar-refractivity contribution in [1.29, 1.82) is 0 Å². The maximum atomic E-state index is 11.3. The number of carbonyl (C=O) groups is 1. The number of hydrogen-bond acceptors (Lipinski definition) is 2. The highest BCUT2D eigenvalue weighted by Gasteiger charge is 2.13. The number of rotatable bonds is 4. The van der Waals surface area contributed by atoms with Gasteiger partial charge in [-0.1, -0.05) is 28.1 Å². The smallest absolute Gasteiger partial charge is 0.220 e. The Balaban J connectivity index is 2.78. The monoisotopic (exact) mass is 270 g/mol. The molecule has 15 heavy (non-hydrogen) atoms. The Morgan fingerprint density at radius 2 is 2.33 bits per heavy atom. The molecule has 0 saturated carbocycles. The van der Waals surface area contributed by atoms with Crippen LogP contribution in [0.4, 0.5) is 0 Å². The fourth-order valence-corrected chi connectivity index (χ4v) is 1.84. The summed E-state index contributed by atoms with van der Waals surface area (Å²) in [4.78, 5) is 11.3. The highest BCUT2D eigenvalue weighted by molar-refractivity contribution is 9.10. The lowest BCUT2D eigenvalue weighted by Crippen LogP contribution is -2.24. The van der Waals surface area contributed by atoms with Crippen LogP contribution in [-0.4, -0.2) is 19.5 Å². The molecule has 0 bridgehead atoms. The highest BCUT2D eigenvalue weighted by Crippen LogP contribution is 2.21. The van der Waals surface area contributed by atoms with E-state index in [-0.39, 0.29) is 11.8 Å². The van der Waals surface area contributed by atoms with Crippen molar-refractivity contribution in [1.82, 2.24) is 5.32 Å². The van der Waals surface area contributed by atoms with E-state index in [0.717, 1.165) is 10.0 Å². The van der Waals surface area contributed by atoms with Gasteiger partial charge in [-0.3, -0.25) is 4.79 Å². The molecule has 0 aliphatic heterocycles. The molecule has 3 N–H and O–H groups in total. The molecular formula is C11H15BrN2O. The van der Waals surface area contributed by atoms with Gasteiger partial charge in [0.15, 0.2) is 0 Å². The number of nitrogens with one attached hydrogen (secondary N) is 1. The SMILES string of the molecule is CNC(=O)CC(CN)c1cccc(Br)c1. The second-order valence-electron chi connectivity index (χ2n) is 3.36. The van der Waals surface area contributed by atoms with Crippen molar-refractivity contribution in [2.24, 2.45) is 5.73 Å². The molecular weight excluding hydrogens is 256 g/mol. The molecule has 1 unspecified atom stereocenters. The van der Waals surface area contributed by atoms with Gasteiger partial charge in [0.05, 0.1) is 0 Å². The molecule has 1 rings (SSSR count). The van der Waals surface area contributed by atoms with Gasteiger partial charge < -0.3 is 11.1 Å². The number of halogens is 1. The van der Waals surface area contributed by atoms with E-state index in [4.69, 9.17) is 5.73 Å². The summed E-state index contributed by atoms with van der Waals surface area (Å²) in [6, 6.07) is 7.90. The minimum atomic E-state index is 0.0189. The third-order valence-corrected chi connectivity index (χ3v) is 2.81. The largest absolute Gasteiger partial charge is 0.359 e. The van der Waals surface area contributed by atoms with Crippen LogP contribution in [0, 0.1) is 0 Å². The summed E-state index contributed by atoms with van der Waals surface area (Å²) in [6.45, 7) is 0.476. The van der Waals surface area contributed by atoms with E-state index in [9.17, 15) is 4.79 Å². The molecule has 0 aliphatic carbocycles. The van der Waals surface area contributed by atoms with Gasteiger partial charge in [-0.15, -0.1) is 0 Å². The van der Waals surface area contributed by atoms with Crippen molar-refractivity contribution in [2.75, 3.05) is 13.6 Å². The van der Waals surface area contributed by atoms with Crippen LogP contribution in [0.15, 0.2) is 28.7 Å². The summed E-state index contributed by atoms with van der Waals surface area (Å²) in [5.41, 5.74) is 6.76. The zero-order valence-electron chi connectivity index (χ0n) is 8.66. The van der Waals surface area contributed by atoms with E-state index in [1.807, 2.05) is 24.3 Å². The molecule has 0 aliphatic rings. The molecule has 82 valence electrons. The first-order valence-corrected chi connectivity index (χ1v) is 5.62. The number of amides is 1. The van der Waals surface area contributed by atoms with Gasteiger partial charge in [0.1, 0.15) is 0 Å². The fraction of sp³-hybridized carbons (Fsp3) is 0.364. The maximum absolute atomic E-state index is 11.3. The molecule has 0 fully saturated rings. The average Bonchev–Trinajstić information content (AvgIpc) is 2.25. The number of benzene rings is 1. The fourth-order valence-electron chi connectivity index (χ4n) is 1.42. The first-order valence-electron chi connectivity index (χ1n) is 4.83. The van der Waals surface area contributed by atoms with E-state index < -0.39 is 0 Å². The van der Waals surface area contributed by atoms with E-state index in [2.05, 4.69) is 21.2 Å². The highest BCUT2D eigenvalue weighted by atomic mass is 79.9. The quantitative estimate of drug-likeness (QED) is 0.874. The molecule has 3 nitrogen and oxygen atoms in total. The van der Waals surface area contributed by atoms with Gasteiger partial charge in [-0.25, -0.2) is 0 Å². The van der Waals surface area contributed by atoms with Crippen molar-refractivity contribution in [3.8, 4) is 0 Å². The van der Waals surface area contributed by atoms with Gasteiger partial charge >= 0.3 is 0 Å². The lowest BCUT2D eigenvalue weighted by atomic mass is 9.95. The Morgan fingerprint density at radius 3 is 2.87 bits per heavy atom. The molecule has 4 heteroatoms. The van der Waals surface area contributed by atoms with Crippen LogP contribution in [0.1, 0.15) is 17.9 Å². The zero-order valence-corrected chi connectivity index (χ0v) is 10.3. The molecule has 0 heterocycles. The average molecular weight is 271 g/mol. The molecule has 1 atom stereocenters. The van der Waals surface area contributed by atoms with E-state index in [1.165, 1.54) is 0 Å². The Hall–Kier alpha value is -0.870.